The molecule has 1 aromatic heterocycles. The van der Waals surface area contributed by atoms with E-state index in [2.05, 4.69) is 15.1 Å². The number of halogens is 2. The van der Waals surface area contributed by atoms with Crippen LogP contribution in [0.5, 0.6) is 0 Å². The Morgan fingerprint density at radius 2 is 1.71 bits per heavy atom. The van der Waals surface area contributed by atoms with Gasteiger partial charge >= 0.3 is 19.4 Å². The van der Waals surface area contributed by atoms with Crippen LogP contribution in [0.1, 0.15) is 87.7 Å². The molecular formula is C46H55F2N6O12PS. The average Bonchev–Trinajstić information content (AvgIpc) is 3.91. The minimum Gasteiger partial charge on any atom is -0.432 e. The van der Waals surface area contributed by atoms with E-state index in [0.717, 1.165) is 23.9 Å². The third-order valence-corrected chi connectivity index (χ3v) is 14.7. The second kappa shape index (κ2) is 22.2. The number of benzene rings is 2. The Morgan fingerprint density at radius 1 is 0.956 bits per heavy atom. The number of aromatic amines is 1. The van der Waals surface area contributed by atoms with Crippen LogP contribution in [0.4, 0.5) is 13.6 Å². The van der Waals surface area contributed by atoms with Crippen molar-refractivity contribution in [2.24, 2.45) is 5.92 Å². The number of amides is 4. The van der Waals surface area contributed by atoms with E-state index in [9.17, 15) is 38.1 Å². The van der Waals surface area contributed by atoms with Crippen molar-refractivity contribution >= 4 is 65.0 Å². The second-order valence-corrected chi connectivity index (χ2v) is 20.8. The smallest absolute Gasteiger partial charge is 0.432 e. The summed E-state index contributed by atoms with van der Waals surface area (Å²) >= 11 is 0.815. The number of carbonyl (C=O) groups is 6. The number of ether oxygens (including phenoxy) is 2. The van der Waals surface area contributed by atoms with Crippen molar-refractivity contribution < 1.29 is 60.6 Å². The average molecular weight is 985 g/mol. The van der Waals surface area contributed by atoms with Crippen molar-refractivity contribution in [1.82, 2.24) is 25.0 Å². The second-order valence-electron chi connectivity index (χ2n) is 17.6. The number of H-pyrrole nitrogens is 1. The third-order valence-electron chi connectivity index (χ3n) is 11.9. The van der Waals surface area contributed by atoms with Crippen molar-refractivity contribution in [3.8, 4) is 0 Å². The number of pyridine rings is 1. The molecule has 4 amide bonds. The summed E-state index contributed by atoms with van der Waals surface area (Å²) in [7, 11) is -5.53. The molecule has 0 saturated carbocycles. The predicted octanol–water partition coefficient (Wildman–Crippen LogP) is 6.25. The van der Waals surface area contributed by atoms with Crippen LogP contribution in [0.25, 0.3) is 15.6 Å². The van der Waals surface area contributed by atoms with Crippen LogP contribution in [-0.4, -0.2) is 130 Å². The van der Waals surface area contributed by atoms with Gasteiger partial charge in [-0.2, -0.15) is 8.78 Å². The molecule has 366 valence electrons. The van der Waals surface area contributed by atoms with E-state index in [1.807, 2.05) is 13.8 Å². The normalized spacial score (nSPS) is 21.7. The molecule has 2 N–H and O–H groups in total. The number of fused-ring (bicyclic) bond motifs is 2. The van der Waals surface area contributed by atoms with Gasteiger partial charge in [0.25, 0.3) is 5.91 Å². The zero-order chi connectivity index (χ0) is 49.5. The Labute approximate surface area is 396 Å². The molecule has 0 radical (unpaired) electrons. The van der Waals surface area contributed by atoms with Crippen LogP contribution in [0.2, 0.25) is 0 Å². The maximum Gasteiger partial charge on any atom is 0.510 e. The van der Waals surface area contributed by atoms with E-state index in [1.54, 1.807) is 11.0 Å². The molecule has 3 saturated heterocycles. The lowest BCUT2D eigenvalue weighted by atomic mass is 9.96. The Balaban J connectivity index is 1.22. The fourth-order valence-electron chi connectivity index (χ4n) is 8.59. The van der Waals surface area contributed by atoms with Gasteiger partial charge in [0.05, 0.1) is 25.2 Å². The van der Waals surface area contributed by atoms with Crippen LogP contribution >= 0.6 is 19.4 Å². The van der Waals surface area contributed by atoms with Gasteiger partial charge in [0.15, 0.2) is 5.12 Å². The van der Waals surface area contributed by atoms with Gasteiger partial charge in [-0.25, -0.2) is 11.4 Å². The van der Waals surface area contributed by atoms with Gasteiger partial charge in [-0.1, -0.05) is 43.8 Å². The first-order valence-corrected chi connectivity index (χ1v) is 24.8. The Kier molecular flexibility index (Phi) is 16.9. The molecule has 6 rings (SSSR count). The van der Waals surface area contributed by atoms with Gasteiger partial charge in [0, 0.05) is 68.2 Å². The molecule has 0 bridgehead atoms. The minimum atomic E-state index is -5.53. The van der Waals surface area contributed by atoms with E-state index < -0.39 is 86.4 Å². The summed E-state index contributed by atoms with van der Waals surface area (Å²) in [6, 6.07) is 7.27. The topological polar surface area (TPSA) is 215 Å². The molecule has 3 aliphatic rings. The molecule has 22 heteroatoms. The molecule has 0 aliphatic carbocycles. The van der Waals surface area contributed by atoms with Crippen molar-refractivity contribution in [1.29, 1.82) is 0 Å². The molecule has 0 spiro atoms. The number of carbonyl (C=O) groups excluding carboxylic acids is 6. The zero-order valence-corrected chi connectivity index (χ0v) is 40.0. The lowest BCUT2D eigenvalue weighted by molar-refractivity contribution is -0.148. The van der Waals surface area contributed by atoms with Gasteiger partial charge in [-0.05, 0) is 79.6 Å². The Morgan fingerprint density at radius 3 is 2.40 bits per heavy atom. The number of alkyl halides is 2. The first-order valence-electron chi connectivity index (χ1n) is 22.2. The fourth-order valence-corrected chi connectivity index (χ4v) is 10.9. The largest absolute Gasteiger partial charge is 0.510 e. The third kappa shape index (κ3) is 12.1. The standard InChI is InChI=1S/C46H55F2N6O12PS/c1-27(2)19-41(57)68-18-17-64-67(62,65-26-63-45(61)66-28(3)4)46(47,48)34-10-9-30-7-8-32(20-33(30)21-34)42(58)51-38-25-52(29(5)55)16-14-35-11-12-39(54(35)43(38)59)44(60)53-23-36(37(24-53)49-6)31-13-15-50-40(56)22-31/h7-10,13,15,20-22,27-28,35-39H,11-12,14,16-19,23-26H2,1-5H3,(H,50,56)(H,51,58)/t35-,36+,37-,38+,39+,67?/m1/s1. The monoisotopic (exact) mass is 984 g/mol. The van der Waals surface area contributed by atoms with Gasteiger partial charge in [-0.3, -0.25) is 37.9 Å². The number of nitrogens with zero attached hydrogens (tertiary/aromatic N) is 4. The number of hydrogen-bond acceptors (Lipinski definition) is 13. The van der Waals surface area contributed by atoms with E-state index in [1.165, 1.54) is 67.1 Å². The molecule has 18 nitrogen and oxygen atoms in total. The summed E-state index contributed by atoms with van der Waals surface area (Å²) in [5, 5.41) is 2.99. The van der Waals surface area contributed by atoms with Crippen LogP contribution in [0.3, 0.4) is 0 Å². The van der Waals surface area contributed by atoms with Crippen molar-refractivity contribution in [2.75, 3.05) is 45.3 Å². The fraction of sp³-hybridized carbons (Fsp3) is 0.522. The molecule has 3 aromatic rings. The Bertz CT molecular complexity index is 2550. The van der Waals surface area contributed by atoms with E-state index >= 15 is 8.78 Å². The molecule has 4 heterocycles. The molecule has 6 atom stereocenters. The molecule has 3 aliphatic heterocycles. The van der Waals surface area contributed by atoms with Crippen LogP contribution in [0.15, 0.2) is 59.5 Å². The highest BCUT2D eigenvalue weighted by atomic mass is 32.2. The SMILES string of the molecule is [C-]#[N+][C@@H]1CN(C(=O)[C@@H]2CC[C@@H]3CCN(C(C)=O)C[C@H](NC(=O)c4ccc5ccc(C(F)(F)P(=O)(OCCSC(=O)CC(C)C)OCOC(=O)OC(C)C)cc5c4)C(=O)N32)C[C@H]1c1cc[nH]c(=O)c1. The first kappa shape index (κ1) is 51.7. The lowest BCUT2D eigenvalue weighted by Crippen LogP contribution is -2.61. The zero-order valence-electron chi connectivity index (χ0n) is 38.3. The molecule has 68 heavy (non-hydrogen) atoms. The molecule has 1 unspecified atom stereocenters. The summed E-state index contributed by atoms with van der Waals surface area (Å²) in [6.07, 6.45) is 0.961. The van der Waals surface area contributed by atoms with E-state index in [-0.39, 0.29) is 77.7 Å². The van der Waals surface area contributed by atoms with Gasteiger partial charge in [0.1, 0.15) is 12.1 Å². The molecule has 3 fully saturated rings. The van der Waals surface area contributed by atoms with Crippen LogP contribution < -0.4 is 10.9 Å². The Hall–Kier alpha value is -5.68. The first-order chi connectivity index (χ1) is 32.2. The summed E-state index contributed by atoms with van der Waals surface area (Å²) in [5.41, 5.74) is -4.98. The van der Waals surface area contributed by atoms with Gasteiger partial charge in [0.2, 0.25) is 36.1 Å². The maximum atomic E-state index is 16.5. The lowest BCUT2D eigenvalue weighted by Gasteiger charge is -2.39. The summed E-state index contributed by atoms with van der Waals surface area (Å²) in [5.74, 6) is -2.60. The summed E-state index contributed by atoms with van der Waals surface area (Å²) in [4.78, 5) is 103. The quantitative estimate of drug-likeness (QED) is 0.0534. The minimum absolute atomic E-state index is 0.0491. The van der Waals surface area contributed by atoms with Gasteiger partial charge in [-0.15, -0.1) is 0 Å². The molecule has 2 aromatic carbocycles. The highest BCUT2D eigenvalue weighted by Gasteiger charge is 2.56. The number of rotatable bonds is 16. The number of likely N-dealkylation sites (tertiary alicyclic amines) is 1. The van der Waals surface area contributed by atoms with Gasteiger partial charge < -0.3 is 43.8 Å². The number of aromatic nitrogens is 1. The number of thioether (sulfide) groups is 1. The van der Waals surface area contributed by atoms with Crippen molar-refractivity contribution in [2.45, 2.75) is 102 Å². The van der Waals surface area contributed by atoms with Crippen LogP contribution in [-0.2, 0) is 47.9 Å². The predicted molar refractivity (Wildman–Crippen MR) is 246 cm³/mol. The summed E-state index contributed by atoms with van der Waals surface area (Å²) < 4.78 is 66.7. The van der Waals surface area contributed by atoms with E-state index in [0.29, 0.717) is 30.2 Å². The number of hydrogen-bond donors (Lipinski definition) is 2. The van der Waals surface area contributed by atoms with Crippen LogP contribution in [0, 0.1) is 12.5 Å². The van der Waals surface area contributed by atoms with E-state index in [4.69, 9.17) is 25.1 Å². The van der Waals surface area contributed by atoms with Crippen molar-refractivity contribution in [3.05, 3.63) is 93.2 Å². The number of nitrogens with one attached hydrogen (secondary N) is 2. The highest BCUT2D eigenvalue weighted by Crippen LogP contribution is 2.67. The highest BCUT2D eigenvalue weighted by molar-refractivity contribution is 8.13. The molecular weight excluding hydrogens is 930 g/mol. The summed E-state index contributed by atoms with van der Waals surface area (Å²) in [6.45, 7) is 14.3. The van der Waals surface area contributed by atoms with Crippen molar-refractivity contribution in [3.63, 3.8) is 0 Å². The maximum absolute atomic E-state index is 16.5.